The van der Waals surface area contributed by atoms with Gasteiger partial charge in [0.25, 0.3) is 0 Å². The van der Waals surface area contributed by atoms with Crippen LogP contribution in [0.15, 0.2) is 30.5 Å². The molecule has 1 aliphatic carbocycles. The fraction of sp³-hybridized carbons (Fsp3) is 0.400. The summed E-state index contributed by atoms with van der Waals surface area (Å²) in [6.07, 6.45) is 5.21. The summed E-state index contributed by atoms with van der Waals surface area (Å²) >= 11 is 0. The molecule has 0 saturated heterocycles. The van der Waals surface area contributed by atoms with E-state index in [2.05, 4.69) is 49.7 Å². The largest absolute Gasteiger partial charge is 0.366 e. The zero-order valence-corrected chi connectivity index (χ0v) is 11.3. The van der Waals surface area contributed by atoms with E-state index in [1.54, 1.807) is 6.20 Å². The molecular weight excluding hydrogens is 250 g/mol. The van der Waals surface area contributed by atoms with Gasteiger partial charge >= 0.3 is 0 Å². The number of benzene rings is 1. The second-order valence-electron chi connectivity index (χ2n) is 5.50. The Morgan fingerprint density at radius 2 is 2.00 bits per heavy atom. The topological polar surface area (TPSA) is 53.9 Å². The lowest BCUT2D eigenvalue weighted by atomic mass is 10.0. The van der Waals surface area contributed by atoms with Gasteiger partial charge in [0, 0.05) is 19.1 Å². The second-order valence-corrected chi connectivity index (χ2v) is 5.50. The van der Waals surface area contributed by atoms with Crippen LogP contribution in [-0.4, -0.2) is 27.8 Å². The zero-order chi connectivity index (χ0) is 13.4. The van der Waals surface area contributed by atoms with Crippen LogP contribution in [0.1, 0.15) is 24.0 Å². The molecule has 5 nitrogen and oxygen atoms in total. The molecule has 1 fully saturated rings. The summed E-state index contributed by atoms with van der Waals surface area (Å²) in [6.45, 7) is 1.82. The van der Waals surface area contributed by atoms with Crippen LogP contribution >= 0.6 is 0 Å². The van der Waals surface area contributed by atoms with Gasteiger partial charge in [-0.15, -0.1) is 5.10 Å². The number of fused-ring (bicyclic) bond motifs is 1. The van der Waals surface area contributed by atoms with Crippen molar-refractivity contribution in [1.82, 2.24) is 15.2 Å². The van der Waals surface area contributed by atoms with Crippen molar-refractivity contribution in [2.24, 2.45) is 0 Å². The SMILES string of the molecule is c1ccc2c(c1)CCN(c1nncc(NC3CC3)n1)C2. The van der Waals surface area contributed by atoms with Gasteiger partial charge in [-0.1, -0.05) is 24.3 Å². The van der Waals surface area contributed by atoms with Crippen molar-refractivity contribution >= 4 is 11.8 Å². The van der Waals surface area contributed by atoms with Gasteiger partial charge in [0.1, 0.15) is 0 Å². The highest BCUT2D eigenvalue weighted by Gasteiger charge is 2.23. The number of nitrogens with zero attached hydrogens (tertiary/aromatic N) is 4. The standard InChI is InChI=1S/C15H17N5/c1-2-4-12-10-20(8-7-11(12)3-1)15-18-14(9-16-19-15)17-13-5-6-13/h1-4,9,13H,5-8,10H2,(H,17,18,19). The van der Waals surface area contributed by atoms with Gasteiger partial charge in [-0.2, -0.15) is 10.1 Å². The van der Waals surface area contributed by atoms with Crippen LogP contribution in [0.5, 0.6) is 0 Å². The second kappa shape index (κ2) is 4.74. The van der Waals surface area contributed by atoms with Gasteiger partial charge in [-0.25, -0.2) is 0 Å². The van der Waals surface area contributed by atoms with Crippen molar-refractivity contribution in [3.8, 4) is 0 Å². The van der Waals surface area contributed by atoms with Gasteiger partial charge in [-0.05, 0) is 30.4 Å². The van der Waals surface area contributed by atoms with Crippen LogP contribution in [0.2, 0.25) is 0 Å². The van der Waals surface area contributed by atoms with Crippen LogP contribution in [0.25, 0.3) is 0 Å². The lowest BCUT2D eigenvalue weighted by molar-refractivity contribution is 0.697. The van der Waals surface area contributed by atoms with Crippen molar-refractivity contribution in [3.63, 3.8) is 0 Å². The van der Waals surface area contributed by atoms with Crippen molar-refractivity contribution in [2.75, 3.05) is 16.8 Å². The number of nitrogens with one attached hydrogen (secondary N) is 1. The van der Waals surface area contributed by atoms with Gasteiger partial charge < -0.3 is 10.2 Å². The van der Waals surface area contributed by atoms with E-state index in [1.807, 2.05) is 0 Å². The third-order valence-corrected chi connectivity index (χ3v) is 3.89. The molecule has 2 aromatic rings. The maximum atomic E-state index is 4.59. The molecule has 0 spiro atoms. The van der Waals surface area contributed by atoms with Crippen molar-refractivity contribution in [3.05, 3.63) is 41.6 Å². The number of rotatable bonds is 3. The van der Waals surface area contributed by atoms with E-state index >= 15 is 0 Å². The monoisotopic (exact) mass is 267 g/mol. The van der Waals surface area contributed by atoms with Crippen molar-refractivity contribution < 1.29 is 0 Å². The first-order valence-corrected chi connectivity index (χ1v) is 7.16. The molecular formula is C15H17N5. The molecule has 102 valence electrons. The molecule has 2 heterocycles. The molecule has 2 aliphatic rings. The molecule has 0 atom stereocenters. The maximum Gasteiger partial charge on any atom is 0.247 e. The maximum absolute atomic E-state index is 4.59. The van der Waals surface area contributed by atoms with E-state index in [4.69, 9.17) is 0 Å². The summed E-state index contributed by atoms with van der Waals surface area (Å²) in [6, 6.07) is 9.17. The molecule has 1 aromatic carbocycles. The molecule has 1 aromatic heterocycles. The summed E-state index contributed by atoms with van der Waals surface area (Å²) < 4.78 is 0. The van der Waals surface area contributed by atoms with Crippen LogP contribution < -0.4 is 10.2 Å². The highest BCUT2D eigenvalue weighted by Crippen LogP contribution is 2.25. The van der Waals surface area contributed by atoms with Gasteiger partial charge in [0.2, 0.25) is 5.95 Å². The first kappa shape index (κ1) is 11.6. The zero-order valence-electron chi connectivity index (χ0n) is 11.3. The summed E-state index contributed by atoms with van der Waals surface area (Å²) in [5, 5.41) is 11.6. The van der Waals surface area contributed by atoms with E-state index in [9.17, 15) is 0 Å². The summed E-state index contributed by atoms with van der Waals surface area (Å²) in [5.74, 6) is 1.57. The quantitative estimate of drug-likeness (QED) is 0.922. The molecule has 1 saturated carbocycles. The van der Waals surface area contributed by atoms with Gasteiger partial charge in [-0.3, -0.25) is 0 Å². The molecule has 1 aliphatic heterocycles. The van der Waals surface area contributed by atoms with Gasteiger partial charge in [0.15, 0.2) is 5.82 Å². The normalized spacial score (nSPS) is 17.7. The molecule has 0 unspecified atom stereocenters. The number of aromatic nitrogens is 3. The Balaban J connectivity index is 1.56. The molecule has 0 radical (unpaired) electrons. The Morgan fingerprint density at radius 1 is 1.15 bits per heavy atom. The number of anilines is 2. The molecule has 5 heteroatoms. The Labute approximate surface area is 118 Å². The first-order chi connectivity index (χ1) is 9.88. The summed E-state index contributed by atoms with van der Waals surface area (Å²) in [7, 11) is 0. The van der Waals surface area contributed by atoms with E-state index in [0.717, 1.165) is 31.3 Å². The third-order valence-electron chi connectivity index (χ3n) is 3.89. The summed E-state index contributed by atoms with van der Waals surface area (Å²) in [5.41, 5.74) is 2.80. The van der Waals surface area contributed by atoms with E-state index in [1.165, 1.54) is 24.0 Å². The predicted molar refractivity (Wildman–Crippen MR) is 77.7 cm³/mol. The van der Waals surface area contributed by atoms with E-state index in [0.29, 0.717) is 6.04 Å². The third kappa shape index (κ3) is 2.31. The Bertz CT molecular complexity index is 623. The lowest BCUT2D eigenvalue weighted by Crippen LogP contribution is -2.32. The fourth-order valence-electron chi connectivity index (χ4n) is 2.60. The first-order valence-electron chi connectivity index (χ1n) is 7.16. The number of hydrogen-bond acceptors (Lipinski definition) is 5. The summed E-state index contributed by atoms with van der Waals surface area (Å²) in [4.78, 5) is 6.79. The smallest absolute Gasteiger partial charge is 0.247 e. The Kier molecular flexibility index (Phi) is 2.76. The highest BCUT2D eigenvalue weighted by atomic mass is 15.3. The molecule has 1 N–H and O–H groups in total. The lowest BCUT2D eigenvalue weighted by Gasteiger charge is -2.28. The van der Waals surface area contributed by atoms with Crippen LogP contribution in [0.4, 0.5) is 11.8 Å². The number of hydrogen-bond donors (Lipinski definition) is 1. The van der Waals surface area contributed by atoms with Crippen LogP contribution in [0, 0.1) is 0 Å². The molecule has 4 rings (SSSR count). The average molecular weight is 267 g/mol. The Morgan fingerprint density at radius 3 is 2.85 bits per heavy atom. The van der Waals surface area contributed by atoms with Crippen molar-refractivity contribution in [2.45, 2.75) is 31.8 Å². The highest BCUT2D eigenvalue weighted by molar-refractivity contribution is 5.43. The van der Waals surface area contributed by atoms with Crippen molar-refractivity contribution in [1.29, 1.82) is 0 Å². The molecule has 20 heavy (non-hydrogen) atoms. The van der Waals surface area contributed by atoms with E-state index in [-0.39, 0.29) is 0 Å². The Hall–Kier alpha value is -2.17. The average Bonchev–Trinajstić information content (AvgIpc) is 3.31. The minimum atomic E-state index is 0.585. The van der Waals surface area contributed by atoms with Crippen LogP contribution in [-0.2, 0) is 13.0 Å². The van der Waals surface area contributed by atoms with Gasteiger partial charge in [0.05, 0.1) is 6.20 Å². The fourth-order valence-corrected chi connectivity index (χ4v) is 2.60. The molecule has 0 amide bonds. The molecule has 0 bridgehead atoms. The predicted octanol–water partition coefficient (Wildman–Crippen LogP) is 2.01. The minimum absolute atomic E-state index is 0.585. The van der Waals surface area contributed by atoms with Crippen LogP contribution in [0.3, 0.4) is 0 Å². The minimum Gasteiger partial charge on any atom is -0.366 e. The van der Waals surface area contributed by atoms with E-state index < -0.39 is 0 Å².